The minimum Gasteiger partial charge on any atom is -0.418 e. The minimum atomic E-state index is -6.00. The van der Waals surface area contributed by atoms with E-state index in [1.807, 2.05) is 0 Å². The number of hydrogen-bond acceptors (Lipinski definition) is 3. The molecule has 0 saturated carbocycles. The van der Waals surface area contributed by atoms with E-state index in [2.05, 4.69) is 4.98 Å². The molecule has 1 aromatic rings. The van der Waals surface area contributed by atoms with Crippen molar-refractivity contribution in [3.05, 3.63) is 38.9 Å². The molecule has 98 valence electrons. The molecule has 0 aliphatic heterocycles. The molecule has 0 spiro atoms. The lowest BCUT2D eigenvalue weighted by molar-refractivity contribution is -0.384. The van der Waals surface area contributed by atoms with Crippen molar-refractivity contribution in [1.29, 1.82) is 5.39 Å². The number of nitrogens with zero attached hydrogens (tertiary/aromatic N) is 3. The summed E-state index contributed by atoms with van der Waals surface area (Å²) in [4.78, 5) is 11.5. The normalized spacial score (nSPS) is 10.1. The van der Waals surface area contributed by atoms with Gasteiger partial charge in [0, 0.05) is 6.07 Å². The van der Waals surface area contributed by atoms with Gasteiger partial charge in [0.2, 0.25) is 11.2 Å². The highest BCUT2D eigenvalue weighted by atomic mass is 19.5. The first kappa shape index (κ1) is 15.7. The zero-order valence-corrected chi connectivity index (χ0v) is 8.16. The Labute approximate surface area is 94.9 Å². The Hall–Kier alpha value is -2.32. The highest BCUT2D eigenvalue weighted by Crippen LogP contribution is 2.30. The van der Waals surface area contributed by atoms with Gasteiger partial charge in [0.25, 0.3) is 0 Å². The largest absolute Gasteiger partial charge is 0.673 e. The molecule has 0 amide bonds. The number of rotatable bonds is 1. The number of benzene rings is 1. The van der Waals surface area contributed by atoms with E-state index in [9.17, 15) is 36.2 Å². The third kappa shape index (κ3) is 5.68. The predicted octanol–water partition coefficient (Wildman–Crippen LogP) is 3.66. The van der Waals surface area contributed by atoms with Crippen molar-refractivity contribution in [2.75, 3.05) is 0 Å². The van der Waals surface area contributed by atoms with Crippen LogP contribution in [0.25, 0.3) is 4.98 Å². The maximum Gasteiger partial charge on any atom is 0.673 e. The van der Waals surface area contributed by atoms with Gasteiger partial charge in [-0.15, -0.1) is 0 Å². The minimum absolute atomic E-state index is 0.391. The first-order chi connectivity index (χ1) is 8.06. The van der Waals surface area contributed by atoms with Crippen molar-refractivity contribution < 1.29 is 31.0 Å². The molecule has 1 rings (SSSR count). The average molecular weight is 273 g/mol. The molecular weight excluding hydrogens is 271 g/mol. The Balaban J connectivity index is 0.000000494. The molecular formula is C6H2BF6N3O2. The summed E-state index contributed by atoms with van der Waals surface area (Å²) < 4.78 is 64.1. The van der Waals surface area contributed by atoms with Crippen molar-refractivity contribution in [2.24, 2.45) is 0 Å². The molecule has 0 aliphatic carbocycles. The van der Waals surface area contributed by atoms with Crippen LogP contribution in [0.3, 0.4) is 0 Å². The molecule has 0 aliphatic rings. The summed E-state index contributed by atoms with van der Waals surface area (Å²) in [6.07, 6.45) is 0. The Kier molecular flexibility index (Phi) is 5.10. The fourth-order valence-electron chi connectivity index (χ4n) is 0.791. The van der Waals surface area contributed by atoms with E-state index >= 15 is 0 Å². The molecule has 0 N–H and O–H groups in total. The topological polar surface area (TPSA) is 71.3 Å². The van der Waals surface area contributed by atoms with Gasteiger partial charge in [-0.05, 0) is 0 Å². The maximum atomic E-state index is 12.7. The third-order valence-corrected chi connectivity index (χ3v) is 1.30. The number of hydrogen-bond donors (Lipinski definition) is 0. The van der Waals surface area contributed by atoms with E-state index in [4.69, 9.17) is 5.39 Å². The third-order valence-electron chi connectivity index (χ3n) is 1.30. The van der Waals surface area contributed by atoms with E-state index in [0.717, 1.165) is 0 Å². The van der Waals surface area contributed by atoms with Crippen LogP contribution in [0.4, 0.5) is 37.4 Å². The van der Waals surface area contributed by atoms with E-state index in [1.165, 1.54) is 0 Å². The van der Waals surface area contributed by atoms with E-state index < -0.39 is 35.2 Å². The highest BCUT2D eigenvalue weighted by molar-refractivity contribution is 6.50. The summed E-state index contributed by atoms with van der Waals surface area (Å²) in [6.45, 7) is 0. The van der Waals surface area contributed by atoms with Crippen molar-refractivity contribution >= 4 is 18.6 Å². The summed E-state index contributed by atoms with van der Waals surface area (Å²) in [5.41, 5.74) is -1.80. The van der Waals surface area contributed by atoms with Crippen LogP contribution >= 0.6 is 0 Å². The summed E-state index contributed by atoms with van der Waals surface area (Å²) in [7, 11) is -6.00. The summed E-state index contributed by atoms with van der Waals surface area (Å²) in [6, 6.07) is 0.861. The van der Waals surface area contributed by atoms with Crippen LogP contribution in [0.2, 0.25) is 0 Å². The first-order valence-corrected chi connectivity index (χ1v) is 3.92. The van der Waals surface area contributed by atoms with Crippen molar-refractivity contribution in [3.63, 3.8) is 0 Å². The molecule has 0 fully saturated rings. The van der Waals surface area contributed by atoms with Gasteiger partial charge >= 0.3 is 18.6 Å². The summed E-state index contributed by atoms with van der Waals surface area (Å²) >= 11 is 0. The monoisotopic (exact) mass is 273 g/mol. The lowest BCUT2D eigenvalue weighted by atomic mass is 10.2. The molecule has 0 unspecified atom stereocenters. The summed E-state index contributed by atoms with van der Waals surface area (Å²) in [5, 5.41) is 18.4. The van der Waals surface area contributed by atoms with Gasteiger partial charge in [0.05, 0.1) is 11.0 Å². The molecule has 0 bridgehead atoms. The number of nitro groups is 1. The molecule has 12 heteroatoms. The Morgan fingerprint density at radius 1 is 1.22 bits per heavy atom. The van der Waals surface area contributed by atoms with E-state index in [1.54, 1.807) is 0 Å². The van der Waals surface area contributed by atoms with Crippen molar-refractivity contribution in [1.82, 2.24) is 0 Å². The van der Waals surface area contributed by atoms with Crippen LogP contribution in [-0.2, 0) is 0 Å². The number of diazo groups is 1. The Bertz CT molecular complexity index is 493. The fourth-order valence-corrected chi connectivity index (χ4v) is 0.791. The average Bonchev–Trinajstić information content (AvgIpc) is 2.13. The smallest absolute Gasteiger partial charge is 0.418 e. The van der Waals surface area contributed by atoms with Crippen LogP contribution in [-0.4, -0.2) is 12.2 Å². The van der Waals surface area contributed by atoms with Crippen molar-refractivity contribution in [2.45, 2.75) is 0 Å². The van der Waals surface area contributed by atoms with E-state index in [-0.39, 0.29) is 0 Å². The zero-order valence-electron chi connectivity index (χ0n) is 8.16. The number of halogens is 6. The molecule has 0 aromatic heterocycles. The zero-order chi connectivity index (χ0) is 14.5. The van der Waals surface area contributed by atoms with Gasteiger partial charge in [-0.2, -0.15) is 4.39 Å². The van der Waals surface area contributed by atoms with Crippen LogP contribution in [0, 0.1) is 27.1 Å². The quantitative estimate of drug-likeness (QED) is 0.257. The van der Waals surface area contributed by atoms with Crippen LogP contribution in [0.1, 0.15) is 0 Å². The summed E-state index contributed by atoms with van der Waals surface area (Å²) in [5.74, 6) is -2.38. The van der Waals surface area contributed by atoms with Crippen molar-refractivity contribution in [3.8, 4) is 0 Å². The van der Waals surface area contributed by atoms with Gasteiger partial charge < -0.3 is 17.3 Å². The molecule has 0 saturated heterocycles. The Morgan fingerprint density at radius 3 is 2.00 bits per heavy atom. The van der Waals surface area contributed by atoms with Gasteiger partial charge in [-0.25, -0.2) is 4.39 Å². The van der Waals surface area contributed by atoms with Gasteiger partial charge in [0.1, 0.15) is 5.82 Å². The standard InChI is InChI=1S/C6H2F2N3O2.BF4/c7-3-1-4(8)6(10-9)5(2-3)11(12)13;2-1(3,4)5/h1-2H;/q+1;-1. The predicted molar refractivity (Wildman–Crippen MR) is 47.9 cm³/mol. The lowest BCUT2D eigenvalue weighted by Gasteiger charge is -1.94. The molecule has 18 heavy (non-hydrogen) atoms. The van der Waals surface area contributed by atoms with Crippen LogP contribution in [0.15, 0.2) is 12.1 Å². The highest BCUT2D eigenvalue weighted by Gasteiger charge is 2.31. The molecule has 0 atom stereocenters. The Morgan fingerprint density at radius 2 is 1.67 bits per heavy atom. The molecule has 0 heterocycles. The molecule has 1 aromatic carbocycles. The molecule has 5 nitrogen and oxygen atoms in total. The lowest BCUT2D eigenvalue weighted by Crippen LogP contribution is -2.02. The maximum absolute atomic E-state index is 12.7. The van der Waals surface area contributed by atoms with E-state index in [0.29, 0.717) is 12.1 Å². The SMILES string of the molecule is F[B-](F)(F)F.N#[N+]c1c(F)cc(F)cc1[N+](=O)[O-]. The van der Waals surface area contributed by atoms with Gasteiger partial charge in [-0.1, -0.05) is 0 Å². The second-order valence-corrected chi connectivity index (χ2v) is 2.61. The first-order valence-electron chi connectivity index (χ1n) is 3.92. The molecule has 0 radical (unpaired) electrons. The fraction of sp³-hybridized carbons (Fsp3) is 0. The van der Waals surface area contributed by atoms with Crippen LogP contribution in [0.5, 0.6) is 0 Å². The van der Waals surface area contributed by atoms with Crippen LogP contribution < -0.4 is 0 Å². The second-order valence-electron chi connectivity index (χ2n) is 2.61. The second kappa shape index (κ2) is 5.85. The number of nitro benzene ring substituents is 1. The van der Waals surface area contributed by atoms with Gasteiger partial charge in [-0.3, -0.25) is 10.1 Å². The van der Waals surface area contributed by atoms with Gasteiger partial charge in [0.15, 0.2) is 4.98 Å².